The molecule has 1 N–H and O–H groups in total. The van der Waals surface area contributed by atoms with Crippen LogP contribution < -0.4 is 10.0 Å². The van der Waals surface area contributed by atoms with E-state index in [1.165, 1.54) is 29.4 Å². The highest BCUT2D eigenvalue weighted by Crippen LogP contribution is 2.43. The molecule has 1 fully saturated rings. The van der Waals surface area contributed by atoms with Crippen molar-refractivity contribution in [2.45, 2.75) is 19.4 Å². The number of hydrogen-bond acceptors (Lipinski definition) is 1. The number of H-pyrrole nitrogens is 1. The molecular weight excluding hydrogens is 286 g/mol. The van der Waals surface area contributed by atoms with Crippen molar-refractivity contribution in [3.63, 3.8) is 0 Å². The van der Waals surface area contributed by atoms with Gasteiger partial charge in [-0.1, -0.05) is 0 Å². The SMILES string of the molecule is O=c1cccc2n1CC1CCC[N+]2(c2ccc3[nH]ccc3c2)C1. The molecule has 0 amide bonds. The zero-order chi connectivity index (χ0) is 15.4. The Morgan fingerprint density at radius 2 is 2.13 bits per heavy atom. The van der Waals surface area contributed by atoms with Gasteiger partial charge in [0, 0.05) is 53.8 Å². The molecule has 0 spiro atoms. The number of quaternary nitrogens is 1. The summed E-state index contributed by atoms with van der Waals surface area (Å²) in [6.07, 6.45) is 4.44. The summed E-state index contributed by atoms with van der Waals surface area (Å²) in [4.78, 5) is 15.7. The number of fused-ring (bicyclic) bond motifs is 5. The number of pyridine rings is 1. The van der Waals surface area contributed by atoms with Gasteiger partial charge in [0.25, 0.3) is 5.56 Å². The first-order valence-corrected chi connectivity index (χ1v) is 8.41. The van der Waals surface area contributed by atoms with Crippen LogP contribution in [0.1, 0.15) is 12.8 Å². The second kappa shape index (κ2) is 4.59. The van der Waals surface area contributed by atoms with Crippen LogP contribution >= 0.6 is 0 Å². The van der Waals surface area contributed by atoms with Gasteiger partial charge in [-0.25, -0.2) is 4.48 Å². The van der Waals surface area contributed by atoms with Crippen molar-refractivity contribution in [2.24, 2.45) is 5.92 Å². The first-order valence-electron chi connectivity index (χ1n) is 8.41. The summed E-state index contributed by atoms with van der Waals surface area (Å²) in [6, 6.07) is 14.6. The number of hydrogen-bond donors (Lipinski definition) is 1. The average molecular weight is 306 g/mol. The Hall–Kier alpha value is -2.33. The molecule has 2 aliphatic rings. The quantitative estimate of drug-likeness (QED) is 0.688. The highest BCUT2D eigenvalue weighted by Gasteiger charge is 2.45. The van der Waals surface area contributed by atoms with Crippen LogP contribution in [0.5, 0.6) is 0 Å². The Kier molecular flexibility index (Phi) is 2.62. The molecule has 3 aromatic rings. The number of nitrogens with zero attached hydrogens (tertiary/aromatic N) is 2. The first kappa shape index (κ1) is 13.1. The summed E-state index contributed by atoms with van der Waals surface area (Å²) < 4.78 is 2.83. The Labute approximate surface area is 134 Å². The highest BCUT2D eigenvalue weighted by atomic mass is 16.1. The van der Waals surface area contributed by atoms with Gasteiger partial charge in [-0.05, 0) is 31.0 Å². The molecule has 2 atom stereocenters. The van der Waals surface area contributed by atoms with Gasteiger partial charge in [0.05, 0.1) is 13.1 Å². The van der Waals surface area contributed by atoms with E-state index in [-0.39, 0.29) is 5.56 Å². The Morgan fingerprint density at radius 3 is 3.09 bits per heavy atom. The molecule has 0 aliphatic carbocycles. The fraction of sp³-hybridized carbons (Fsp3) is 0.316. The van der Waals surface area contributed by atoms with E-state index < -0.39 is 0 Å². The zero-order valence-corrected chi connectivity index (χ0v) is 13.0. The fourth-order valence-corrected chi connectivity index (χ4v) is 4.63. The minimum atomic E-state index is 0.138. The minimum absolute atomic E-state index is 0.138. The lowest BCUT2D eigenvalue weighted by Gasteiger charge is -2.47. The van der Waals surface area contributed by atoms with E-state index in [0.29, 0.717) is 5.92 Å². The van der Waals surface area contributed by atoms with Gasteiger partial charge in [-0.3, -0.25) is 9.36 Å². The Bertz CT molecular complexity index is 954. The maximum absolute atomic E-state index is 12.4. The van der Waals surface area contributed by atoms with Gasteiger partial charge in [-0.2, -0.15) is 0 Å². The smallest absolute Gasteiger partial charge is 0.254 e. The lowest BCUT2D eigenvalue weighted by atomic mass is 9.91. The molecule has 4 heterocycles. The van der Waals surface area contributed by atoms with Crippen molar-refractivity contribution in [2.75, 3.05) is 13.1 Å². The largest absolute Gasteiger partial charge is 0.361 e. The van der Waals surface area contributed by atoms with E-state index >= 15 is 0 Å². The molecule has 1 saturated heterocycles. The fourth-order valence-electron chi connectivity index (χ4n) is 4.63. The molecule has 23 heavy (non-hydrogen) atoms. The summed E-state index contributed by atoms with van der Waals surface area (Å²) in [7, 11) is 0. The molecule has 2 unspecified atom stereocenters. The van der Waals surface area contributed by atoms with Crippen molar-refractivity contribution < 1.29 is 0 Å². The van der Waals surface area contributed by atoms with E-state index in [2.05, 4.69) is 35.3 Å². The second-order valence-electron chi connectivity index (χ2n) is 6.96. The third-order valence-corrected chi connectivity index (χ3v) is 5.66. The standard InChI is InChI=1S/C19H20N3O/c23-19-5-1-4-18-21(19)12-14-3-2-10-22(18,13-14)16-6-7-17-15(11-16)8-9-20-17/h1,4-9,11,14,20H,2-3,10,12-13H2/q+1. The number of piperidine rings is 1. The van der Waals surface area contributed by atoms with Crippen LogP contribution in [-0.2, 0) is 6.54 Å². The number of aromatic nitrogens is 2. The van der Waals surface area contributed by atoms with E-state index in [1.54, 1.807) is 6.07 Å². The van der Waals surface area contributed by atoms with Gasteiger partial charge < -0.3 is 4.98 Å². The lowest BCUT2D eigenvalue weighted by molar-refractivity contribution is 0.178. The van der Waals surface area contributed by atoms with Gasteiger partial charge in [0.15, 0.2) is 0 Å². The van der Waals surface area contributed by atoms with Crippen molar-refractivity contribution >= 4 is 22.4 Å². The van der Waals surface area contributed by atoms with E-state index in [1.807, 2.05) is 16.8 Å². The predicted octanol–water partition coefficient (Wildman–Crippen LogP) is 3.39. The lowest BCUT2D eigenvalue weighted by Crippen LogP contribution is -2.58. The van der Waals surface area contributed by atoms with Crippen LogP contribution in [0.25, 0.3) is 10.9 Å². The van der Waals surface area contributed by atoms with Crippen LogP contribution in [0, 0.1) is 5.92 Å². The summed E-state index contributed by atoms with van der Waals surface area (Å²) in [5.41, 5.74) is 2.61. The summed E-state index contributed by atoms with van der Waals surface area (Å²) in [5, 5.41) is 1.24. The number of nitrogens with one attached hydrogen (secondary N) is 1. The van der Waals surface area contributed by atoms with E-state index in [9.17, 15) is 4.79 Å². The molecule has 2 aromatic heterocycles. The van der Waals surface area contributed by atoms with Crippen LogP contribution in [-0.4, -0.2) is 22.6 Å². The monoisotopic (exact) mass is 306 g/mol. The van der Waals surface area contributed by atoms with Gasteiger partial charge in [0.2, 0.25) is 5.82 Å². The first-order chi connectivity index (χ1) is 11.3. The number of aromatic amines is 1. The van der Waals surface area contributed by atoms with Crippen LogP contribution in [0.15, 0.2) is 53.5 Å². The maximum Gasteiger partial charge on any atom is 0.254 e. The van der Waals surface area contributed by atoms with Crippen LogP contribution in [0.2, 0.25) is 0 Å². The summed E-state index contributed by atoms with van der Waals surface area (Å²) in [6.45, 7) is 3.07. The van der Waals surface area contributed by atoms with Gasteiger partial charge in [0.1, 0.15) is 5.69 Å². The second-order valence-corrected chi connectivity index (χ2v) is 6.96. The molecule has 4 heteroatoms. The molecular formula is C19H20N3O+. The molecule has 0 saturated carbocycles. The molecule has 2 bridgehead atoms. The van der Waals surface area contributed by atoms with Crippen molar-refractivity contribution in [1.82, 2.24) is 14.0 Å². The highest BCUT2D eigenvalue weighted by molar-refractivity contribution is 5.83. The minimum Gasteiger partial charge on any atom is -0.361 e. The molecule has 0 radical (unpaired) electrons. The average Bonchev–Trinajstić information content (AvgIpc) is 3.04. The number of benzene rings is 1. The molecule has 2 aliphatic heterocycles. The van der Waals surface area contributed by atoms with Crippen LogP contribution in [0.3, 0.4) is 0 Å². The van der Waals surface area contributed by atoms with Crippen LogP contribution in [0.4, 0.5) is 11.5 Å². The summed E-state index contributed by atoms with van der Waals surface area (Å²) in [5.74, 6) is 1.75. The predicted molar refractivity (Wildman–Crippen MR) is 92.9 cm³/mol. The molecule has 116 valence electrons. The number of rotatable bonds is 1. The van der Waals surface area contributed by atoms with Gasteiger partial charge >= 0.3 is 0 Å². The normalized spacial score (nSPS) is 26.2. The Morgan fingerprint density at radius 1 is 1.17 bits per heavy atom. The molecule has 4 nitrogen and oxygen atoms in total. The van der Waals surface area contributed by atoms with Crippen molar-refractivity contribution in [1.29, 1.82) is 0 Å². The zero-order valence-electron chi connectivity index (χ0n) is 13.0. The third-order valence-electron chi connectivity index (χ3n) is 5.66. The molecule has 5 rings (SSSR count). The van der Waals surface area contributed by atoms with E-state index in [0.717, 1.165) is 29.9 Å². The van der Waals surface area contributed by atoms with Crippen molar-refractivity contribution in [3.8, 4) is 0 Å². The summed E-state index contributed by atoms with van der Waals surface area (Å²) >= 11 is 0. The molecule has 1 aromatic carbocycles. The van der Waals surface area contributed by atoms with Gasteiger partial charge in [-0.15, -0.1) is 0 Å². The van der Waals surface area contributed by atoms with Crippen molar-refractivity contribution in [3.05, 3.63) is 59.0 Å². The third kappa shape index (κ3) is 1.78. The topological polar surface area (TPSA) is 37.8 Å². The maximum atomic E-state index is 12.4. The van der Waals surface area contributed by atoms with E-state index in [4.69, 9.17) is 0 Å². The Balaban J connectivity index is 1.79.